The zero-order valence-electron chi connectivity index (χ0n) is 15.2. The van der Waals surface area contributed by atoms with Crippen LogP contribution in [0.2, 0.25) is 0 Å². The van der Waals surface area contributed by atoms with Gasteiger partial charge in [-0.25, -0.2) is 0 Å². The topological polar surface area (TPSA) is 109 Å². The van der Waals surface area contributed by atoms with Crippen LogP contribution in [-0.2, 0) is 4.74 Å². The molecule has 2 aromatic rings. The van der Waals surface area contributed by atoms with Crippen molar-refractivity contribution in [3.8, 4) is 23.0 Å². The van der Waals surface area contributed by atoms with Crippen LogP contribution in [0.25, 0.3) is 0 Å². The maximum atomic E-state index is 10.8. The second-order valence-corrected chi connectivity index (χ2v) is 6.57. The smallest absolute Gasteiger partial charge is 0.160 e. The fourth-order valence-electron chi connectivity index (χ4n) is 3.58. The first-order valence-corrected chi connectivity index (χ1v) is 8.64. The summed E-state index contributed by atoms with van der Waals surface area (Å²) in [4.78, 5) is 0. The molecule has 2 aromatic carbocycles. The van der Waals surface area contributed by atoms with E-state index in [1.807, 2.05) is 0 Å². The molecule has 7 heteroatoms. The molecule has 4 N–H and O–H groups in total. The minimum Gasteiger partial charge on any atom is -0.504 e. The van der Waals surface area contributed by atoms with E-state index in [1.54, 1.807) is 24.3 Å². The van der Waals surface area contributed by atoms with Crippen molar-refractivity contribution < 1.29 is 34.6 Å². The standard InChI is InChI=1S/C20H24O7/c1-25-17-7-11(3-5-15(17)22)19(24)14-10-27-20(13(14)9-21)12-4-6-16(23)18(8-12)26-2/h3-8,13-14,19-24H,9-10H2,1-2H3/t13-,14+,19+,20-/m0/s1. The molecule has 1 aliphatic rings. The van der Waals surface area contributed by atoms with Gasteiger partial charge in [0.15, 0.2) is 23.0 Å². The van der Waals surface area contributed by atoms with E-state index in [1.165, 1.54) is 26.4 Å². The van der Waals surface area contributed by atoms with Gasteiger partial charge in [0.25, 0.3) is 0 Å². The van der Waals surface area contributed by atoms with Gasteiger partial charge in [-0.3, -0.25) is 0 Å². The summed E-state index contributed by atoms with van der Waals surface area (Å²) in [5.41, 5.74) is 1.32. The van der Waals surface area contributed by atoms with E-state index >= 15 is 0 Å². The summed E-state index contributed by atoms with van der Waals surface area (Å²) in [7, 11) is 2.90. The molecule has 0 unspecified atom stereocenters. The van der Waals surface area contributed by atoms with E-state index in [4.69, 9.17) is 14.2 Å². The van der Waals surface area contributed by atoms with Gasteiger partial charge in [0.05, 0.1) is 33.0 Å². The number of aliphatic hydroxyl groups excluding tert-OH is 2. The number of phenolic OH excluding ortho intramolecular Hbond substituents is 2. The molecular weight excluding hydrogens is 352 g/mol. The number of ether oxygens (including phenoxy) is 3. The molecule has 1 aliphatic heterocycles. The van der Waals surface area contributed by atoms with Crippen LogP contribution in [-0.4, -0.2) is 47.9 Å². The van der Waals surface area contributed by atoms with Crippen LogP contribution in [0.4, 0.5) is 0 Å². The number of benzene rings is 2. The molecule has 1 heterocycles. The Hall–Kier alpha value is -2.48. The summed E-state index contributed by atoms with van der Waals surface area (Å²) in [5, 5.41) is 40.3. The van der Waals surface area contributed by atoms with Crippen LogP contribution in [0, 0.1) is 11.8 Å². The Morgan fingerprint density at radius 2 is 1.67 bits per heavy atom. The van der Waals surface area contributed by atoms with Crippen LogP contribution < -0.4 is 9.47 Å². The Bertz CT molecular complexity index is 792. The van der Waals surface area contributed by atoms with E-state index in [0.717, 1.165) is 5.56 Å². The molecule has 1 fully saturated rings. The summed E-state index contributed by atoms with van der Waals surface area (Å²) in [5.74, 6) is -0.106. The van der Waals surface area contributed by atoms with Gasteiger partial charge < -0.3 is 34.6 Å². The quantitative estimate of drug-likeness (QED) is 0.612. The van der Waals surface area contributed by atoms with Crippen LogP contribution in [0.3, 0.4) is 0 Å². The highest BCUT2D eigenvalue weighted by molar-refractivity contribution is 5.44. The summed E-state index contributed by atoms with van der Waals surface area (Å²) < 4.78 is 16.1. The van der Waals surface area contributed by atoms with Gasteiger partial charge in [-0.1, -0.05) is 12.1 Å². The van der Waals surface area contributed by atoms with Crippen molar-refractivity contribution >= 4 is 0 Å². The van der Waals surface area contributed by atoms with Gasteiger partial charge in [0.1, 0.15) is 0 Å². The number of aliphatic hydroxyl groups is 2. The van der Waals surface area contributed by atoms with E-state index in [0.29, 0.717) is 11.3 Å². The molecule has 0 radical (unpaired) electrons. The molecule has 4 atom stereocenters. The third kappa shape index (κ3) is 3.66. The average Bonchev–Trinajstić information content (AvgIpc) is 3.12. The second-order valence-electron chi connectivity index (χ2n) is 6.57. The molecule has 3 rings (SSSR count). The summed E-state index contributed by atoms with van der Waals surface area (Å²) in [6.07, 6.45) is -1.34. The van der Waals surface area contributed by atoms with Crippen molar-refractivity contribution in [3.05, 3.63) is 47.5 Å². The van der Waals surface area contributed by atoms with E-state index in [2.05, 4.69) is 0 Å². The number of hydrogen-bond acceptors (Lipinski definition) is 7. The third-order valence-corrected chi connectivity index (χ3v) is 5.10. The lowest BCUT2D eigenvalue weighted by molar-refractivity contribution is 0.0632. The first-order chi connectivity index (χ1) is 13.0. The number of aromatic hydroxyl groups is 2. The monoisotopic (exact) mass is 376 g/mol. The highest BCUT2D eigenvalue weighted by atomic mass is 16.5. The van der Waals surface area contributed by atoms with Gasteiger partial charge >= 0.3 is 0 Å². The third-order valence-electron chi connectivity index (χ3n) is 5.10. The highest BCUT2D eigenvalue weighted by Gasteiger charge is 2.42. The number of rotatable bonds is 6. The van der Waals surface area contributed by atoms with Gasteiger partial charge in [-0.2, -0.15) is 0 Å². The summed E-state index contributed by atoms with van der Waals surface area (Å²) in [6.45, 7) is 0.0776. The molecule has 7 nitrogen and oxygen atoms in total. The Balaban J connectivity index is 1.86. The van der Waals surface area contributed by atoms with Crippen LogP contribution >= 0.6 is 0 Å². The molecule has 0 aromatic heterocycles. The molecule has 0 saturated carbocycles. The lowest BCUT2D eigenvalue weighted by Crippen LogP contribution is -2.25. The molecule has 0 spiro atoms. The Labute approximate surface area is 157 Å². The number of phenols is 2. The average molecular weight is 376 g/mol. The van der Waals surface area contributed by atoms with Gasteiger partial charge in [0, 0.05) is 18.4 Å². The van der Waals surface area contributed by atoms with Crippen molar-refractivity contribution in [3.63, 3.8) is 0 Å². The fraction of sp³-hybridized carbons (Fsp3) is 0.400. The maximum absolute atomic E-state index is 10.8. The predicted octanol–water partition coefficient (Wildman–Crippen LogP) is 2.14. The van der Waals surface area contributed by atoms with Crippen LogP contribution in [0.5, 0.6) is 23.0 Å². The largest absolute Gasteiger partial charge is 0.504 e. The highest BCUT2D eigenvalue weighted by Crippen LogP contribution is 2.45. The molecule has 27 heavy (non-hydrogen) atoms. The maximum Gasteiger partial charge on any atom is 0.160 e. The van der Waals surface area contributed by atoms with Crippen molar-refractivity contribution in [2.24, 2.45) is 11.8 Å². The SMILES string of the molecule is COc1cc([C@@H](O)[C@@H]2CO[C@@H](c3ccc(O)c(OC)c3)[C@H]2CO)ccc1O. The molecule has 0 aliphatic carbocycles. The van der Waals surface area contributed by atoms with E-state index < -0.39 is 12.2 Å². The lowest BCUT2D eigenvalue weighted by Gasteiger charge is -2.25. The molecule has 0 amide bonds. The Kier molecular flexibility index (Phi) is 5.74. The molecule has 0 bridgehead atoms. The Morgan fingerprint density at radius 1 is 1.04 bits per heavy atom. The van der Waals surface area contributed by atoms with Crippen LogP contribution in [0.1, 0.15) is 23.3 Å². The Morgan fingerprint density at radius 3 is 2.30 bits per heavy atom. The normalized spacial score (nSPS) is 23.2. The van der Waals surface area contributed by atoms with Crippen molar-refractivity contribution in [2.45, 2.75) is 12.2 Å². The second kappa shape index (κ2) is 8.04. The van der Waals surface area contributed by atoms with Gasteiger partial charge in [-0.05, 0) is 35.4 Å². The van der Waals surface area contributed by atoms with Gasteiger partial charge in [0.2, 0.25) is 0 Å². The lowest BCUT2D eigenvalue weighted by atomic mass is 9.82. The van der Waals surface area contributed by atoms with Gasteiger partial charge in [-0.15, -0.1) is 0 Å². The van der Waals surface area contributed by atoms with Crippen molar-refractivity contribution in [1.82, 2.24) is 0 Å². The number of hydrogen-bond donors (Lipinski definition) is 4. The summed E-state index contributed by atoms with van der Waals surface area (Å²) >= 11 is 0. The zero-order valence-corrected chi connectivity index (χ0v) is 15.2. The molecular formula is C20H24O7. The minimum absolute atomic E-state index is 0.0103. The van der Waals surface area contributed by atoms with Crippen LogP contribution in [0.15, 0.2) is 36.4 Å². The molecule has 1 saturated heterocycles. The van der Waals surface area contributed by atoms with Crippen molar-refractivity contribution in [1.29, 1.82) is 0 Å². The first kappa shape index (κ1) is 19.3. The predicted molar refractivity (Wildman–Crippen MR) is 97.0 cm³/mol. The van der Waals surface area contributed by atoms with Crippen molar-refractivity contribution in [2.75, 3.05) is 27.4 Å². The zero-order chi connectivity index (χ0) is 19.6. The first-order valence-electron chi connectivity index (χ1n) is 8.64. The van der Waals surface area contributed by atoms with E-state index in [9.17, 15) is 20.4 Å². The minimum atomic E-state index is -0.902. The van der Waals surface area contributed by atoms with E-state index in [-0.39, 0.29) is 42.3 Å². The summed E-state index contributed by atoms with van der Waals surface area (Å²) in [6, 6.07) is 9.55. The molecule has 146 valence electrons. The fourth-order valence-corrected chi connectivity index (χ4v) is 3.58. The number of methoxy groups -OCH3 is 2.